The topological polar surface area (TPSA) is 79.5 Å². The van der Waals surface area contributed by atoms with Gasteiger partial charge in [0.2, 0.25) is 5.91 Å². The van der Waals surface area contributed by atoms with Crippen LogP contribution >= 0.6 is 0 Å². The van der Waals surface area contributed by atoms with E-state index in [1.807, 2.05) is 6.92 Å². The van der Waals surface area contributed by atoms with E-state index in [1.165, 1.54) is 7.11 Å². The van der Waals surface area contributed by atoms with Gasteiger partial charge in [-0.25, -0.2) is 0 Å². The Hall–Kier alpha value is -2.08. The fourth-order valence-electron chi connectivity index (χ4n) is 2.21. The van der Waals surface area contributed by atoms with Gasteiger partial charge in [-0.15, -0.1) is 0 Å². The molecule has 1 aliphatic rings. The number of carbonyl (C=O) groups excluding carboxylic acids is 2. The first-order chi connectivity index (χ1) is 10.1. The highest BCUT2D eigenvalue weighted by Crippen LogP contribution is 2.24. The summed E-state index contributed by atoms with van der Waals surface area (Å²) in [5, 5.41) is 8.56. The van der Waals surface area contributed by atoms with Crippen molar-refractivity contribution in [3.05, 3.63) is 23.8 Å². The van der Waals surface area contributed by atoms with Crippen molar-refractivity contribution in [3.8, 4) is 5.75 Å². The standard InChI is InChI=1S/C15H21N3O3/c1-9(10-7-17-8-10)14(19)18-13-5-4-11(21-3)6-12(13)15(20)16-2/h4-6,9-10,17H,7-8H2,1-3H3,(H,16,20)(H,18,19). The largest absolute Gasteiger partial charge is 0.497 e. The molecule has 1 unspecified atom stereocenters. The Labute approximate surface area is 124 Å². The zero-order valence-corrected chi connectivity index (χ0v) is 12.5. The molecule has 0 spiro atoms. The molecule has 2 amide bonds. The van der Waals surface area contributed by atoms with Crippen molar-refractivity contribution in [2.24, 2.45) is 11.8 Å². The maximum Gasteiger partial charge on any atom is 0.253 e. The smallest absolute Gasteiger partial charge is 0.253 e. The van der Waals surface area contributed by atoms with Crippen LogP contribution in [0, 0.1) is 11.8 Å². The molecule has 3 N–H and O–H groups in total. The van der Waals surface area contributed by atoms with E-state index in [0.29, 0.717) is 22.9 Å². The highest BCUT2D eigenvalue weighted by Gasteiger charge is 2.29. The predicted octanol–water partition coefficient (Wildman–Crippen LogP) is 0.849. The lowest BCUT2D eigenvalue weighted by molar-refractivity contribution is -0.121. The van der Waals surface area contributed by atoms with Gasteiger partial charge in [-0.1, -0.05) is 6.92 Å². The summed E-state index contributed by atoms with van der Waals surface area (Å²) in [5.41, 5.74) is 0.892. The molecule has 0 aliphatic carbocycles. The summed E-state index contributed by atoms with van der Waals surface area (Å²) in [5.74, 6) is 0.499. The van der Waals surface area contributed by atoms with Crippen LogP contribution < -0.4 is 20.7 Å². The SMILES string of the molecule is CNC(=O)c1cc(OC)ccc1NC(=O)C(C)C1CNC1. The van der Waals surface area contributed by atoms with Crippen LogP contribution in [0.25, 0.3) is 0 Å². The van der Waals surface area contributed by atoms with Crippen LogP contribution in [0.5, 0.6) is 5.75 Å². The third-order valence-electron chi connectivity index (χ3n) is 3.89. The number of anilines is 1. The zero-order valence-electron chi connectivity index (χ0n) is 12.5. The maximum atomic E-state index is 12.3. The molecule has 0 aromatic heterocycles. The van der Waals surface area contributed by atoms with Crippen molar-refractivity contribution in [2.75, 3.05) is 32.6 Å². The molecule has 0 radical (unpaired) electrons. The summed E-state index contributed by atoms with van der Waals surface area (Å²) in [7, 11) is 3.09. The number of hydrogen-bond donors (Lipinski definition) is 3. The summed E-state index contributed by atoms with van der Waals surface area (Å²) >= 11 is 0. The molecule has 1 aromatic carbocycles. The van der Waals surface area contributed by atoms with Gasteiger partial charge in [0.15, 0.2) is 0 Å². The first kappa shape index (κ1) is 15.3. The molecule has 1 heterocycles. The predicted molar refractivity (Wildman–Crippen MR) is 80.5 cm³/mol. The second kappa shape index (κ2) is 6.58. The zero-order chi connectivity index (χ0) is 15.4. The molecular formula is C15H21N3O3. The van der Waals surface area contributed by atoms with Crippen molar-refractivity contribution >= 4 is 17.5 Å². The number of rotatable bonds is 5. The van der Waals surface area contributed by atoms with Gasteiger partial charge in [0.1, 0.15) is 5.75 Å². The van der Waals surface area contributed by atoms with Gasteiger partial charge in [-0.3, -0.25) is 9.59 Å². The highest BCUT2D eigenvalue weighted by atomic mass is 16.5. The van der Waals surface area contributed by atoms with Gasteiger partial charge in [0.25, 0.3) is 5.91 Å². The quantitative estimate of drug-likeness (QED) is 0.751. The lowest BCUT2D eigenvalue weighted by atomic mass is 9.88. The molecule has 1 aromatic rings. The van der Waals surface area contributed by atoms with Gasteiger partial charge in [0, 0.05) is 13.0 Å². The molecule has 6 heteroatoms. The average molecular weight is 291 g/mol. The molecule has 1 saturated heterocycles. The Morgan fingerprint density at radius 1 is 1.38 bits per heavy atom. The van der Waals surface area contributed by atoms with Crippen LogP contribution in [0.1, 0.15) is 17.3 Å². The van der Waals surface area contributed by atoms with Gasteiger partial charge >= 0.3 is 0 Å². The Bertz CT molecular complexity index is 541. The number of carbonyl (C=O) groups is 2. The van der Waals surface area contributed by atoms with Gasteiger partial charge in [-0.2, -0.15) is 0 Å². The number of hydrogen-bond acceptors (Lipinski definition) is 4. The molecule has 0 saturated carbocycles. The normalized spacial score (nSPS) is 15.8. The van der Waals surface area contributed by atoms with Crippen molar-refractivity contribution < 1.29 is 14.3 Å². The molecule has 21 heavy (non-hydrogen) atoms. The number of amides is 2. The van der Waals surface area contributed by atoms with Crippen molar-refractivity contribution in [1.29, 1.82) is 0 Å². The van der Waals surface area contributed by atoms with Crippen LogP contribution in [0.3, 0.4) is 0 Å². The van der Waals surface area contributed by atoms with E-state index in [1.54, 1.807) is 25.2 Å². The Morgan fingerprint density at radius 3 is 2.62 bits per heavy atom. The van der Waals surface area contributed by atoms with Crippen LogP contribution in [0.4, 0.5) is 5.69 Å². The number of ether oxygens (including phenoxy) is 1. The third kappa shape index (κ3) is 3.33. The second-order valence-corrected chi connectivity index (χ2v) is 5.19. The third-order valence-corrected chi connectivity index (χ3v) is 3.89. The molecule has 1 aliphatic heterocycles. The minimum atomic E-state index is -0.262. The second-order valence-electron chi connectivity index (χ2n) is 5.19. The lowest BCUT2D eigenvalue weighted by Gasteiger charge is -2.31. The fourth-order valence-corrected chi connectivity index (χ4v) is 2.21. The highest BCUT2D eigenvalue weighted by molar-refractivity contribution is 6.04. The molecule has 6 nitrogen and oxygen atoms in total. The lowest BCUT2D eigenvalue weighted by Crippen LogP contribution is -2.48. The number of methoxy groups -OCH3 is 1. The summed E-state index contributed by atoms with van der Waals surface area (Å²) in [6.45, 7) is 3.63. The Kier molecular flexibility index (Phi) is 4.80. The fraction of sp³-hybridized carbons (Fsp3) is 0.467. The van der Waals surface area contributed by atoms with E-state index in [9.17, 15) is 9.59 Å². The first-order valence-electron chi connectivity index (χ1n) is 6.98. The van der Waals surface area contributed by atoms with Crippen LogP contribution in [0.2, 0.25) is 0 Å². The minimum absolute atomic E-state index is 0.0724. The number of benzene rings is 1. The van der Waals surface area contributed by atoms with Crippen molar-refractivity contribution in [2.45, 2.75) is 6.92 Å². The molecule has 0 bridgehead atoms. The first-order valence-corrected chi connectivity index (χ1v) is 6.98. The van der Waals surface area contributed by atoms with Crippen LogP contribution in [0.15, 0.2) is 18.2 Å². The average Bonchev–Trinajstić information content (AvgIpc) is 2.44. The van der Waals surface area contributed by atoms with Crippen molar-refractivity contribution in [1.82, 2.24) is 10.6 Å². The van der Waals surface area contributed by atoms with E-state index in [0.717, 1.165) is 13.1 Å². The van der Waals surface area contributed by atoms with Crippen molar-refractivity contribution in [3.63, 3.8) is 0 Å². The van der Waals surface area contributed by atoms with Gasteiger partial charge < -0.3 is 20.7 Å². The summed E-state index contributed by atoms with van der Waals surface area (Å²) in [6, 6.07) is 5.02. The van der Waals surface area contributed by atoms with Gasteiger partial charge in [-0.05, 0) is 37.2 Å². The van der Waals surface area contributed by atoms with Crippen LogP contribution in [-0.4, -0.2) is 39.1 Å². The van der Waals surface area contributed by atoms with E-state index in [4.69, 9.17) is 4.74 Å². The molecule has 1 fully saturated rings. The number of nitrogens with one attached hydrogen (secondary N) is 3. The molecular weight excluding hydrogens is 270 g/mol. The van der Waals surface area contributed by atoms with E-state index >= 15 is 0 Å². The van der Waals surface area contributed by atoms with E-state index < -0.39 is 0 Å². The molecule has 2 rings (SSSR count). The Balaban J connectivity index is 2.18. The summed E-state index contributed by atoms with van der Waals surface area (Å²) < 4.78 is 5.12. The van der Waals surface area contributed by atoms with Crippen LogP contribution in [-0.2, 0) is 4.79 Å². The summed E-state index contributed by atoms with van der Waals surface area (Å²) in [4.78, 5) is 24.2. The van der Waals surface area contributed by atoms with E-state index in [2.05, 4.69) is 16.0 Å². The Morgan fingerprint density at radius 2 is 2.10 bits per heavy atom. The molecule has 1 atom stereocenters. The maximum absolute atomic E-state index is 12.3. The molecule has 114 valence electrons. The van der Waals surface area contributed by atoms with Gasteiger partial charge in [0.05, 0.1) is 18.4 Å². The van der Waals surface area contributed by atoms with E-state index in [-0.39, 0.29) is 17.7 Å². The minimum Gasteiger partial charge on any atom is -0.497 e. The monoisotopic (exact) mass is 291 g/mol. The summed E-state index contributed by atoms with van der Waals surface area (Å²) in [6.07, 6.45) is 0.